The highest BCUT2D eigenvalue weighted by Crippen LogP contribution is 2.41. The van der Waals surface area contributed by atoms with Crippen LogP contribution in [-0.2, 0) is 9.53 Å². The Morgan fingerprint density at radius 3 is 2.71 bits per heavy atom. The Hall–Kier alpha value is -4.66. The van der Waals surface area contributed by atoms with Crippen molar-refractivity contribution in [1.29, 1.82) is 5.26 Å². The standard InChI is InChI=1S/C30H28N8O3/c1-2-28(39)35-14-23(15-35)34-5-6-36-24(16-34)17-40-27-8-19(3-4-26(27)36)25-7-20(12-38-30(25)21(9-31)10-33-38)22-11-32-37(13-22)29-18-41-29/h2-4,7-8,10-13,23-24,29H,1,5-6,14-18H2/t24?,29-/m0/s1. The average molecular weight is 549 g/mol. The van der Waals surface area contributed by atoms with Gasteiger partial charge in [-0.25, -0.2) is 9.20 Å². The van der Waals surface area contributed by atoms with E-state index < -0.39 is 0 Å². The van der Waals surface area contributed by atoms with Crippen molar-refractivity contribution in [3.8, 4) is 34.1 Å². The van der Waals surface area contributed by atoms with Crippen LogP contribution in [0.25, 0.3) is 27.8 Å². The topological polar surface area (TPSA) is 107 Å². The number of nitrogens with zero attached hydrogens (tertiary/aromatic N) is 8. The number of fused-ring (bicyclic) bond motifs is 4. The van der Waals surface area contributed by atoms with Crippen LogP contribution in [0.15, 0.2) is 61.7 Å². The van der Waals surface area contributed by atoms with Crippen LogP contribution in [0.1, 0.15) is 11.8 Å². The van der Waals surface area contributed by atoms with Crippen LogP contribution in [-0.4, -0.2) is 93.1 Å². The first-order valence-corrected chi connectivity index (χ1v) is 13.9. The third-order valence-electron chi connectivity index (χ3n) is 8.67. The van der Waals surface area contributed by atoms with Crippen LogP contribution in [0.5, 0.6) is 5.75 Å². The zero-order valence-electron chi connectivity index (χ0n) is 22.4. The first-order chi connectivity index (χ1) is 20.1. The van der Waals surface area contributed by atoms with E-state index in [1.807, 2.05) is 28.2 Å². The van der Waals surface area contributed by atoms with E-state index in [9.17, 15) is 10.1 Å². The van der Waals surface area contributed by atoms with Crippen molar-refractivity contribution in [2.24, 2.45) is 0 Å². The Balaban J connectivity index is 1.08. The smallest absolute Gasteiger partial charge is 0.246 e. The van der Waals surface area contributed by atoms with Gasteiger partial charge in [0, 0.05) is 67.8 Å². The SMILES string of the molecule is C=CC(=O)N1CC(N2CCN3c4ccc(-c5cc(-c6cnn([C@@H]7CO7)c6)cn6ncc(C#N)c56)cc4OCC3C2)C1. The number of carbonyl (C=O) groups excluding carboxylic acids is 1. The quantitative estimate of drug-likeness (QED) is 0.277. The lowest BCUT2D eigenvalue weighted by Gasteiger charge is -2.51. The minimum atomic E-state index is 0.00850. The maximum atomic E-state index is 11.9. The fourth-order valence-electron chi connectivity index (χ4n) is 6.31. The molecule has 0 aliphatic carbocycles. The van der Waals surface area contributed by atoms with Gasteiger partial charge in [-0.15, -0.1) is 0 Å². The van der Waals surface area contributed by atoms with E-state index in [0.29, 0.717) is 24.8 Å². The molecule has 7 heterocycles. The number of aromatic nitrogens is 4. The molecule has 0 spiro atoms. The first kappa shape index (κ1) is 24.2. The molecular formula is C30H28N8O3. The molecule has 1 amide bonds. The summed E-state index contributed by atoms with van der Waals surface area (Å²) in [4.78, 5) is 18.6. The van der Waals surface area contributed by atoms with Gasteiger partial charge in [0.25, 0.3) is 0 Å². The summed E-state index contributed by atoms with van der Waals surface area (Å²) in [5, 5.41) is 18.8. The molecule has 4 aliphatic rings. The number of nitriles is 1. The van der Waals surface area contributed by atoms with Gasteiger partial charge in [-0.3, -0.25) is 9.69 Å². The molecule has 0 N–H and O–H groups in total. The molecule has 0 bridgehead atoms. The molecule has 1 aromatic carbocycles. The van der Waals surface area contributed by atoms with E-state index >= 15 is 0 Å². The van der Waals surface area contributed by atoms with Crippen LogP contribution in [0, 0.1) is 11.3 Å². The van der Waals surface area contributed by atoms with Gasteiger partial charge in [-0.1, -0.05) is 12.6 Å². The van der Waals surface area contributed by atoms with Gasteiger partial charge in [-0.2, -0.15) is 15.5 Å². The maximum absolute atomic E-state index is 11.9. The van der Waals surface area contributed by atoms with Crippen molar-refractivity contribution in [2.45, 2.75) is 18.3 Å². The van der Waals surface area contributed by atoms with E-state index in [1.165, 1.54) is 6.08 Å². The lowest BCUT2D eigenvalue weighted by atomic mass is 9.98. The fourth-order valence-corrected chi connectivity index (χ4v) is 6.31. The summed E-state index contributed by atoms with van der Waals surface area (Å²) in [6.45, 7) is 9.16. The molecule has 206 valence electrons. The van der Waals surface area contributed by atoms with Crippen molar-refractivity contribution < 1.29 is 14.3 Å². The largest absolute Gasteiger partial charge is 0.489 e. The Morgan fingerprint density at radius 2 is 1.90 bits per heavy atom. The summed E-state index contributed by atoms with van der Waals surface area (Å²) in [5.74, 6) is 0.855. The molecule has 11 heteroatoms. The number of ether oxygens (including phenoxy) is 2. The molecule has 3 aromatic heterocycles. The molecule has 4 aromatic rings. The third kappa shape index (κ3) is 3.98. The number of hydrogen-bond donors (Lipinski definition) is 0. The molecule has 0 saturated carbocycles. The number of pyridine rings is 1. The van der Waals surface area contributed by atoms with Gasteiger partial charge in [0.05, 0.1) is 41.8 Å². The Morgan fingerprint density at radius 1 is 1.02 bits per heavy atom. The normalized spacial score (nSPS) is 21.9. The highest BCUT2D eigenvalue weighted by molar-refractivity contribution is 5.89. The molecule has 2 atom stereocenters. The molecule has 3 saturated heterocycles. The predicted octanol–water partition coefficient (Wildman–Crippen LogP) is 2.55. The van der Waals surface area contributed by atoms with Crippen molar-refractivity contribution in [3.05, 3.63) is 67.3 Å². The van der Waals surface area contributed by atoms with Crippen LogP contribution in [0.2, 0.25) is 0 Å². The van der Waals surface area contributed by atoms with E-state index in [2.05, 4.69) is 56.9 Å². The van der Waals surface area contributed by atoms with Gasteiger partial charge in [0.15, 0.2) is 6.23 Å². The fraction of sp³-hybridized carbons (Fsp3) is 0.333. The molecule has 41 heavy (non-hydrogen) atoms. The van der Waals surface area contributed by atoms with E-state index in [-0.39, 0.29) is 18.2 Å². The maximum Gasteiger partial charge on any atom is 0.246 e. The number of carbonyl (C=O) groups is 1. The van der Waals surface area contributed by atoms with Gasteiger partial charge >= 0.3 is 0 Å². The predicted molar refractivity (Wildman–Crippen MR) is 150 cm³/mol. The number of benzene rings is 1. The van der Waals surface area contributed by atoms with Crippen molar-refractivity contribution in [2.75, 3.05) is 50.8 Å². The third-order valence-corrected chi connectivity index (χ3v) is 8.67. The van der Waals surface area contributed by atoms with Crippen molar-refractivity contribution in [3.63, 3.8) is 0 Å². The van der Waals surface area contributed by atoms with Crippen molar-refractivity contribution >= 4 is 17.1 Å². The Bertz CT molecular complexity index is 1740. The molecule has 11 nitrogen and oxygen atoms in total. The molecule has 1 unspecified atom stereocenters. The first-order valence-electron chi connectivity index (χ1n) is 13.9. The summed E-state index contributed by atoms with van der Waals surface area (Å²) in [6, 6.07) is 11.4. The van der Waals surface area contributed by atoms with E-state index in [1.54, 1.807) is 10.7 Å². The summed E-state index contributed by atoms with van der Waals surface area (Å²) < 4.78 is 15.3. The monoisotopic (exact) mass is 548 g/mol. The van der Waals surface area contributed by atoms with Gasteiger partial charge < -0.3 is 19.3 Å². The second-order valence-electron chi connectivity index (χ2n) is 11.0. The molecule has 0 radical (unpaired) electrons. The zero-order valence-corrected chi connectivity index (χ0v) is 22.4. The Kier molecular flexibility index (Phi) is 5.42. The van der Waals surface area contributed by atoms with Gasteiger partial charge in [0.2, 0.25) is 5.91 Å². The highest BCUT2D eigenvalue weighted by Gasteiger charge is 2.40. The van der Waals surface area contributed by atoms with E-state index in [0.717, 1.165) is 71.9 Å². The minimum absolute atomic E-state index is 0.00850. The van der Waals surface area contributed by atoms with Crippen LogP contribution < -0.4 is 9.64 Å². The minimum Gasteiger partial charge on any atom is -0.489 e. The van der Waals surface area contributed by atoms with E-state index in [4.69, 9.17) is 9.47 Å². The zero-order chi connectivity index (χ0) is 27.7. The number of anilines is 1. The summed E-state index contributed by atoms with van der Waals surface area (Å²) in [7, 11) is 0. The number of piperazine rings is 1. The summed E-state index contributed by atoms with van der Waals surface area (Å²) >= 11 is 0. The van der Waals surface area contributed by atoms with Crippen LogP contribution >= 0.6 is 0 Å². The average Bonchev–Trinajstić information content (AvgIpc) is 3.56. The number of epoxide rings is 1. The van der Waals surface area contributed by atoms with Gasteiger partial charge in [-0.05, 0) is 29.8 Å². The Labute approximate surface area is 236 Å². The second kappa shape index (κ2) is 9.19. The number of amides is 1. The number of hydrogen-bond acceptors (Lipinski definition) is 8. The molecule has 8 rings (SSSR count). The molecule has 3 fully saturated rings. The number of rotatable bonds is 5. The number of likely N-dealkylation sites (tertiary alicyclic amines) is 1. The molecule has 4 aliphatic heterocycles. The van der Waals surface area contributed by atoms with Crippen LogP contribution in [0.4, 0.5) is 5.69 Å². The summed E-state index contributed by atoms with van der Waals surface area (Å²) in [5.41, 5.74) is 6.16. The van der Waals surface area contributed by atoms with Crippen molar-refractivity contribution in [1.82, 2.24) is 29.2 Å². The van der Waals surface area contributed by atoms with Gasteiger partial charge in [0.1, 0.15) is 18.4 Å². The summed E-state index contributed by atoms with van der Waals surface area (Å²) in [6.07, 6.45) is 8.75. The van der Waals surface area contributed by atoms with Crippen LogP contribution in [0.3, 0.4) is 0 Å². The highest BCUT2D eigenvalue weighted by atomic mass is 16.6. The second-order valence-corrected chi connectivity index (χ2v) is 11.0. The lowest BCUT2D eigenvalue weighted by molar-refractivity contribution is -0.133. The lowest BCUT2D eigenvalue weighted by Crippen LogP contribution is -2.67. The molecular weight excluding hydrogens is 520 g/mol.